The van der Waals surface area contributed by atoms with Gasteiger partial charge in [0, 0.05) is 46.9 Å². The minimum absolute atomic E-state index is 0.0353. The number of ether oxygens (including phenoxy) is 1. The Bertz CT molecular complexity index is 1860. The molecule has 2 aliphatic rings. The van der Waals surface area contributed by atoms with Crippen molar-refractivity contribution in [2.45, 2.75) is 31.3 Å². The van der Waals surface area contributed by atoms with Gasteiger partial charge in [-0.15, -0.1) is 11.3 Å². The first-order valence-corrected chi connectivity index (χ1v) is 15.3. The molecule has 0 bridgehead atoms. The predicted octanol–water partition coefficient (Wildman–Crippen LogP) is 6.01. The summed E-state index contributed by atoms with van der Waals surface area (Å²) in [6, 6.07) is 15.0. The highest BCUT2D eigenvalue weighted by molar-refractivity contribution is 7.17. The minimum Gasteiger partial charge on any atom is -0.475 e. The monoisotopic (exact) mass is 612 g/mol. The molecule has 2 atom stereocenters. The molecule has 0 radical (unpaired) electrons. The molecule has 0 unspecified atom stereocenters. The number of thiophene rings is 1. The average molecular weight is 613 g/mol. The van der Waals surface area contributed by atoms with E-state index in [0.717, 1.165) is 35.0 Å². The summed E-state index contributed by atoms with van der Waals surface area (Å²) < 4.78 is 37.6. The summed E-state index contributed by atoms with van der Waals surface area (Å²) in [5.74, 6) is -2.47. The van der Waals surface area contributed by atoms with E-state index >= 15 is 4.39 Å². The van der Waals surface area contributed by atoms with Gasteiger partial charge in [0.2, 0.25) is 5.88 Å². The molecule has 2 aliphatic heterocycles. The molecule has 4 aromatic rings. The summed E-state index contributed by atoms with van der Waals surface area (Å²) in [7, 11) is 2.02. The second kappa shape index (κ2) is 12.2. The number of likely N-dealkylation sites (tertiary alicyclic amines) is 1. The van der Waals surface area contributed by atoms with Crippen molar-refractivity contribution in [3.05, 3.63) is 65.6 Å². The van der Waals surface area contributed by atoms with Crippen LogP contribution < -0.4 is 9.64 Å². The summed E-state index contributed by atoms with van der Waals surface area (Å²) in [5, 5.41) is 23.3. The lowest BCUT2D eigenvalue weighted by Gasteiger charge is -2.42. The van der Waals surface area contributed by atoms with Crippen LogP contribution in [0.3, 0.4) is 0 Å². The van der Waals surface area contributed by atoms with Gasteiger partial charge in [0.05, 0.1) is 24.2 Å². The molecule has 0 N–H and O–H groups in total. The Kier molecular flexibility index (Phi) is 8.17. The van der Waals surface area contributed by atoms with Gasteiger partial charge in [-0.1, -0.05) is 30.8 Å². The molecule has 1 amide bonds. The highest BCUT2D eigenvalue weighted by Crippen LogP contribution is 2.41. The number of piperazine rings is 1. The molecule has 2 saturated heterocycles. The number of halogens is 2. The van der Waals surface area contributed by atoms with Crippen LogP contribution in [0, 0.1) is 28.5 Å². The number of nitrogens with zero attached hydrogens (tertiary/aromatic N) is 6. The van der Waals surface area contributed by atoms with Crippen molar-refractivity contribution in [3.8, 4) is 29.1 Å². The molecular weight excluding hydrogens is 582 g/mol. The highest BCUT2D eigenvalue weighted by atomic mass is 32.1. The molecule has 11 heteroatoms. The van der Waals surface area contributed by atoms with E-state index in [2.05, 4.69) is 28.6 Å². The van der Waals surface area contributed by atoms with E-state index in [1.165, 1.54) is 16.2 Å². The van der Waals surface area contributed by atoms with Crippen LogP contribution >= 0.6 is 11.3 Å². The third kappa shape index (κ3) is 5.23. The zero-order valence-electron chi connectivity index (χ0n) is 24.2. The normalized spacial score (nSPS) is 18.8. The van der Waals surface area contributed by atoms with Crippen LogP contribution in [0.2, 0.25) is 0 Å². The van der Waals surface area contributed by atoms with Crippen molar-refractivity contribution in [3.63, 3.8) is 0 Å². The van der Waals surface area contributed by atoms with Gasteiger partial charge in [-0.3, -0.25) is 4.79 Å². The lowest BCUT2D eigenvalue weighted by Crippen LogP contribution is -2.55. The standard InChI is InChI=1S/C33H30F2N6O2S/c1-20(34)33(42)41-15-14-40(18-22(41)10-12-36)30-26-9-8-24(25-7-3-5-21-11-16-44-31(21)25)28(35)29(26)38-32(27(30)17-37)43-19-23-6-4-13-39(23)2/h3,5,7-9,11,16,22-23H,1,4,6,10,13-15,18-19H2,2H3/t22-,23-/m0/s1. The quantitative estimate of drug-likeness (QED) is 0.236. The Balaban J connectivity index is 1.50. The van der Waals surface area contributed by atoms with Crippen molar-refractivity contribution < 1.29 is 18.3 Å². The summed E-state index contributed by atoms with van der Waals surface area (Å²) >= 11 is 1.53. The number of aromatic nitrogens is 1. The fourth-order valence-electron chi connectivity index (χ4n) is 6.33. The smallest absolute Gasteiger partial charge is 0.282 e. The van der Waals surface area contributed by atoms with Gasteiger partial charge in [-0.25, -0.2) is 13.8 Å². The lowest BCUT2D eigenvalue weighted by atomic mass is 9.98. The Morgan fingerprint density at radius 3 is 2.73 bits per heavy atom. The molecule has 6 rings (SSSR count). The van der Waals surface area contributed by atoms with E-state index in [-0.39, 0.29) is 55.7 Å². The SMILES string of the molecule is C=C(F)C(=O)N1CCN(c2c(C#N)c(OC[C@@H]3CCCN3C)nc3c(F)c(-c4cccc5ccsc45)ccc23)C[C@@H]1CC#N. The van der Waals surface area contributed by atoms with Crippen LogP contribution in [0.1, 0.15) is 24.8 Å². The number of likely N-dealkylation sites (N-methyl/N-ethyl adjacent to an activating group) is 1. The topological polar surface area (TPSA) is 96.5 Å². The number of benzene rings is 2. The second-order valence-corrected chi connectivity index (χ2v) is 12.1. The maximum absolute atomic E-state index is 16.6. The number of carbonyl (C=O) groups is 1. The number of anilines is 1. The van der Waals surface area contributed by atoms with Crippen molar-refractivity contribution in [2.24, 2.45) is 0 Å². The highest BCUT2D eigenvalue weighted by Gasteiger charge is 2.35. The van der Waals surface area contributed by atoms with Gasteiger partial charge < -0.3 is 19.4 Å². The largest absolute Gasteiger partial charge is 0.475 e. The number of fused-ring (bicyclic) bond motifs is 2. The van der Waals surface area contributed by atoms with Crippen LogP contribution in [0.25, 0.3) is 32.1 Å². The minimum atomic E-state index is -1.10. The van der Waals surface area contributed by atoms with Gasteiger partial charge in [0.15, 0.2) is 11.6 Å². The van der Waals surface area contributed by atoms with E-state index in [4.69, 9.17) is 4.74 Å². The Hall–Kier alpha value is -4.58. The Morgan fingerprint density at radius 2 is 2.00 bits per heavy atom. The third-order valence-electron chi connectivity index (χ3n) is 8.62. The molecular formula is C33H30F2N6O2S. The first kappa shape index (κ1) is 29.5. The molecule has 0 saturated carbocycles. The van der Waals surface area contributed by atoms with Crippen LogP contribution in [0.5, 0.6) is 5.88 Å². The van der Waals surface area contributed by atoms with E-state index in [0.29, 0.717) is 16.6 Å². The maximum atomic E-state index is 16.6. The van der Waals surface area contributed by atoms with Crippen LogP contribution in [-0.4, -0.2) is 72.6 Å². The zero-order valence-corrected chi connectivity index (χ0v) is 25.0. The zero-order chi connectivity index (χ0) is 31.0. The first-order chi connectivity index (χ1) is 21.3. The van der Waals surface area contributed by atoms with Gasteiger partial charge in [-0.2, -0.15) is 10.5 Å². The fourth-order valence-corrected chi connectivity index (χ4v) is 7.26. The molecule has 4 heterocycles. The number of hydrogen-bond acceptors (Lipinski definition) is 8. The number of hydrogen-bond donors (Lipinski definition) is 0. The molecule has 0 aliphatic carbocycles. The van der Waals surface area contributed by atoms with Crippen molar-refractivity contribution in [2.75, 3.05) is 44.7 Å². The number of rotatable bonds is 7. The van der Waals surface area contributed by atoms with Crippen molar-refractivity contribution in [1.29, 1.82) is 10.5 Å². The number of amides is 1. The maximum Gasteiger partial charge on any atom is 0.282 e. The fraction of sp³-hybridized carbons (Fsp3) is 0.333. The van der Waals surface area contributed by atoms with E-state index in [1.807, 2.05) is 41.6 Å². The second-order valence-electron chi connectivity index (χ2n) is 11.2. The molecule has 0 spiro atoms. The van der Waals surface area contributed by atoms with E-state index < -0.39 is 23.6 Å². The molecule has 2 aromatic carbocycles. The van der Waals surface area contributed by atoms with Crippen LogP contribution in [0.15, 0.2) is 54.2 Å². The Labute approximate surface area is 258 Å². The van der Waals surface area contributed by atoms with Gasteiger partial charge in [0.1, 0.15) is 23.8 Å². The van der Waals surface area contributed by atoms with Gasteiger partial charge in [-0.05, 0) is 49.3 Å². The molecule has 2 fully saturated rings. The van der Waals surface area contributed by atoms with Crippen LogP contribution in [0.4, 0.5) is 14.5 Å². The van der Waals surface area contributed by atoms with Gasteiger partial charge in [0.25, 0.3) is 5.91 Å². The van der Waals surface area contributed by atoms with E-state index in [1.54, 1.807) is 12.1 Å². The summed E-state index contributed by atoms with van der Waals surface area (Å²) in [4.78, 5) is 22.5. The van der Waals surface area contributed by atoms with Crippen molar-refractivity contribution >= 4 is 43.9 Å². The first-order valence-electron chi connectivity index (χ1n) is 14.5. The van der Waals surface area contributed by atoms with Crippen LogP contribution in [-0.2, 0) is 4.79 Å². The third-order valence-corrected chi connectivity index (χ3v) is 9.58. The summed E-state index contributed by atoms with van der Waals surface area (Å²) in [6.07, 6.45) is 1.92. The molecule has 224 valence electrons. The average Bonchev–Trinajstić information content (AvgIpc) is 3.68. The predicted molar refractivity (Wildman–Crippen MR) is 167 cm³/mol. The van der Waals surface area contributed by atoms with Crippen molar-refractivity contribution in [1.82, 2.24) is 14.8 Å². The molecule has 8 nitrogen and oxygen atoms in total. The van der Waals surface area contributed by atoms with E-state index in [9.17, 15) is 19.7 Å². The number of pyridine rings is 1. The summed E-state index contributed by atoms with van der Waals surface area (Å²) in [6.45, 7) is 4.80. The Morgan fingerprint density at radius 1 is 1.16 bits per heavy atom. The summed E-state index contributed by atoms with van der Waals surface area (Å²) in [5.41, 5.74) is 1.76. The number of carbonyl (C=O) groups excluding carboxylic acids is 1. The number of nitriles is 2. The lowest BCUT2D eigenvalue weighted by molar-refractivity contribution is -0.131. The molecule has 44 heavy (non-hydrogen) atoms. The van der Waals surface area contributed by atoms with Gasteiger partial charge >= 0.3 is 0 Å². The molecule has 2 aromatic heterocycles.